The molecule has 11 nitrogen and oxygen atoms in total. The van der Waals surface area contributed by atoms with E-state index in [9.17, 15) is 10.1 Å². The number of benzene rings is 2. The molecule has 0 atom stereocenters. The van der Waals surface area contributed by atoms with Crippen LogP contribution in [0.1, 0.15) is 24.5 Å². The third-order valence-corrected chi connectivity index (χ3v) is 7.19. The van der Waals surface area contributed by atoms with E-state index in [2.05, 4.69) is 33.1 Å². The number of halogens is 2. The summed E-state index contributed by atoms with van der Waals surface area (Å²) >= 11 is 0. The van der Waals surface area contributed by atoms with Crippen LogP contribution in [-0.2, 0) is 9.53 Å². The number of ether oxygens (including phenoxy) is 5. The molecule has 0 saturated carbocycles. The van der Waals surface area contributed by atoms with E-state index in [0.29, 0.717) is 69.6 Å². The Kier molecular flexibility index (Phi) is 12.6. The number of amides is 1. The molecule has 1 aromatic heterocycles. The number of anilines is 2. The van der Waals surface area contributed by atoms with Crippen molar-refractivity contribution in [2.75, 3.05) is 72.3 Å². The van der Waals surface area contributed by atoms with Gasteiger partial charge in [0.2, 0.25) is 12.7 Å². The Hall–Kier alpha value is -4.13. The Morgan fingerprint density at radius 3 is 2.55 bits per heavy atom. The monoisotopic (exact) mass is 643 g/mol. The Labute approximate surface area is 269 Å². The van der Waals surface area contributed by atoms with E-state index in [4.69, 9.17) is 23.7 Å². The predicted octanol–water partition coefficient (Wildman–Crippen LogP) is 4.36. The van der Waals surface area contributed by atoms with Gasteiger partial charge in [-0.05, 0) is 24.6 Å². The first-order chi connectivity index (χ1) is 20.5. The van der Waals surface area contributed by atoms with Crippen molar-refractivity contribution in [2.24, 2.45) is 0 Å². The summed E-state index contributed by atoms with van der Waals surface area (Å²) in [6, 6.07) is 9.55. The molecule has 3 heterocycles. The van der Waals surface area contributed by atoms with Crippen LogP contribution in [0.25, 0.3) is 10.9 Å². The summed E-state index contributed by atoms with van der Waals surface area (Å²) < 4.78 is 28.3. The number of hydrogen-bond donors (Lipinski definition) is 1. The minimum atomic E-state index is 0. The van der Waals surface area contributed by atoms with Gasteiger partial charge in [-0.2, -0.15) is 5.26 Å². The molecule has 0 spiro atoms. The van der Waals surface area contributed by atoms with Gasteiger partial charge in [-0.3, -0.25) is 14.7 Å². The molecular weight excluding hydrogens is 609 g/mol. The number of methoxy groups -OCH3 is 2. The smallest absolute Gasteiger partial charge is 0.231 e. The second-order valence-electron chi connectivity index (χ2n) is 9.81. The fraction of sp³-hybridized carbons (Fsp3) is 0.387. The first kappa shape index (κ1) is 34.4. The van der Waals surface area contributed by atoms with Crippen molar-refractivity contribution in [2.45, 2.75) is 13.3 Å². The number of carbonyl (C=O) groups is 1. The third-order valence-electron chi connectivity index (χ3n) is 7.19. The number of carbonyl (C=O) groups excluding carboxylic acids is 1. The molecule has 2 aliphatic heterocycles. The van der Waals surface area contributed by atoms with Gasteiger partial charge in [0.05, 0.1) is 41.7 Å². The molecule has 1 fully saturated rings. The second-order valence-corrected chi connectivity index (χ2v) is 9.81. The quantitative estimate of drug-likeness (QED) is 0.266. The van der Waals surface area contributed by atoms with E-state index in [0.717, 1.165) is 39.1 Å². The Bertz CT molecular complexity index is 1580. The first-order valence-corrected chi connectivity index (χ1v) is 13.7. The maximum absolute atomic E-state index is 11.6. The molecule has 0 bridgehead atoms. The van der Waals surface area contributed by atoms with Gasteiger partial charge in [0.25, 0.3) is 0 Å². The van der Waals surface area contributed by atoms with Gasteiger partial charge < -0.3 is 33.9 Å². The molecule has 1 amide bonds. The predicted molar refractivity (Wildman–Crippen MR) is 171 cm³/mol. The van der Waals surface area contributed by atoms with Crippen LogP contribution in [0.2, 0.25) is 0 Å². The zero-order chi connectivity index (χ0) is 29.5. The highest BCUT2D eigenvalue weighted by atomic mass is 35.5. The molecule has 0 radical (unpaired) electrons. The third kappa shape index (κ3) is 7.68. The van der Waals surface area contributed by atoms with E-state index < -0.39 is 0 Å². The van der Waals surface area contributed by atoms with Crippen LogP contribution in [0.5, 0.6) is 23.0 Å². The number of fused-ring (bicyclic) bond motifs is 2. The van der Waals surface area contributed by atoms with Gasteiger partial charge in [-0.1, -0.05) is 11.8 Å². The van der Waals surface area contributed by atoms with Crippen molar-refractivity contribution in [1.82, 2.24) is 14.8 Å². The average Bonchev–Trinajstić information content (AvgIpc) is 3.51. The standard InChI is InChI=1S/C31H33N5O6.2ClH/c1-21(37)36-12-10-35(11-13-36)9-5-15-40-28-17-26-24(16-27(28)39-3)29(23(18-32)19-33-26)34-25-8-7-22(6-4-14-38-2)30-31(25)42-20-41-30;;/h7-8,16-17,19H,5,9-15,20H2,1-3H3,(H,33,34);2*1H. The lowest BCUT2D eigenvalue weighted by Crippen LogP contribution is -2.48. The number of nitriles is 1. The molecule has 13 heteroatoms. The van der Waals surface area contributed by atoms with Crippen molar-refractivity contribution < 1.29 is 28.5 Å². The van der Waals surface area contributed by atoms with Crippen molar-refractivity contribution in [3.8, 4) is 40.9 Å². The van der Waals surface area contributed by atoms with E-state index in [1.54, 1.807) is 21.1 Å². The highest BCUT2D eigenvalue weighted by molar-refractivity contribution is 5.98. The van der Waals surface area contributed by atoms with Crippen LogP contribution >= 0.6 is 24.8 Å². The summed E-state index contributed by atoms with van der Waals surface area (Å²) in [5.41, 5.74) is 2.88. The lowest BCUT2D eigenvalue weighted by molar-refractivity contribution is -0.130. The maximum atomic E-state index is 11.6. The molecule has 1 N–H and O–H groups in total. The minimum absolute atomic E-state index is 0. The minimum Gasteiger partial charge on any atom is -0.493 e. The summed E-state index contributed by atoms with van der Waals surface area (Å²) in [7, 11) is 3.17. The lowest BCUT2D eigenvalue weighted by atomic mass is 10.1. The van der Waals surface area contributed by atoms with Crippen LogP contribution < -0.4 is 24.3 Å². The molecule has 234 valence electrons. The van der Waals surface area contributed by atoms with Gasteiger partial charge in [0, 0.05) is 64.4 Å². The molecule has 0 aliphatic carbocycles. The number of nitrogens with one attached hydrogen (secondary N) is 1. The van der Waals surface area contributed by atoms with E-state index >= 15 is 0 Å². The number of pyridine rings is 1. The molecule has 2 aromatic carbocycles. The molecular formula is C31H35Cl2N5O6. The number of piperazine rings is 1. The molecule has 3 aromatic rings. The first-order valence-electron chi connectivity index (χ1n) is 13.7. The average molecular weight is 645 g/mol. The summed E-state index contributed by atoms with van der Waals surface area (Å²) in [4.78, 5) is 20.3. The summed E-state index contributed by atoms with van der Waals surface area (Å²) in [5.74, 6) is 8.26. The van der Waals surface area contributed by atoms with Gasteiger partial charge in [-0.15, -0.1) is 24.8 Å². The van der Waals surface area contributed by atoms with Crippen LogP contribution in [0.15, 0.2) is 30.5 Å². The molecule has 1 saturated heterocycles. The zero-order valence-corrected chi connectivity index (χ0v) is 26.4. The Morgan fingerprint density at radius 1 is 1.07 bits per heavy atom. The summed E-state index contributed by atoms with van der Waals surface area (Å²) in [6.07, 6.45) is 2.36. The fourth-order valence-corrected chi connectivity index (χ4v) is 4.98. The lowest BCUT2D eigenvalue weighted by Gasteiger charge is -2.34. The van der Waals surface area contributed by atoms with Crippen LogP contribution in [0, 0.1) is 23.2 Å². The van der Waals surface area contributed by atoms with Crippen molar-refractivity contribution in [3.63, 3.8) is 0 Å². The Morgan fingerprint density at radius 2 is 1.84 bits per heavy atom. The highest BCUT2D eigenvalue weighted by Crippen LogP contribution is 2.44. The number of hydrogen-bond acceptors (Lipinski definition) is 10. The SMILES string of the molecule is COCC#Cc1ccc(Nc2c(C#N)cnc3cc(OCCCN4CCN(C(C)=O)CC4)c(OC)cc23)c2c1OCO2.Cl.Cl. The van der Waals surface area contributed by atoms with Crippen molar-refractivity contribution >= 4 is 53.0 Å². The largest absolute Gasteiger partial charge is 0.493 e. The van der Waals surface area contributed by atoms with Crippen molar-refractivity contribution in [1.29, 1.82) is 5.26 Å². The van der Waals surface area contributed by atoms with Gasteiger partial charge in [0.1, 0.15) is 12.7 Å². The van der Waals surface area contributed by atoms with E-state index in [1.165, 1.54) is 6.20 Å². The molecule has 44 heavy (non-hydrogen) atoms. The molecule has 0 unspecified atom stereocenters. The molecule has 2 aliphatic rings. The maximum Gasteiger partial charge on any atom is 0.231 e. The van der Waals surface area contributed by atoms with E-state index in [-0.39, 0.29) is 37.5 Å². The summed E-state index contributed by atoms with van der Waals surface area (Å²) in [5, 5.41) is 13.9. The molecule has 5 rings (SSSR count). The summed E-state index contributed by atoms with van der Waals surface area (Å²) in [6.45, 7) is 6.62. The highest BCUT2D eigenvalue weighted by Gasteiger charge is 2.23. The number of aromatic nitrogens is 1. The van der Waals surface area contributed by atoms with Crippen LogP contribution in [0.4, 0.5) is 11.4 Å². The fourth-order valence-electron chi connectivity index (χ4n) is 4.98. The normalized spacial score (nSPS) is 13.5. The van der Waals surface area contributed by atoms with Crippen molar-refractivity contribution in [3.05, 3.63) is 41.6 Å². The van der Waals surface area contributed by atoms with Gasteiger partial charge >= 0.3 is 0 Å². The second kappa shape index (κ2) is 16.1. The topological polar surface area (TPSA) is 118 Å². The number of nitrogens with zero attached hydrogens (tertiary/aromatic N) is 4. The Balaban J connectivity index is 0.00000264. The number of rotatable bonds is 9. The van der Waals surface area contributed by atoms with Crippen LogP contribution in [0.3, 0.4) is 0 Å². The van der Waals surface area contributed by atoms with Crippen LogP contribution in [-0.4, -0.2) is 87.6 Å². The zero-order valence-electron chi connectivity index (χ0n) is 24.8. The van der Waals surface area contributed by atoms with E-state index in [1.807, 2.05) is 29.2 Å². The van der Waals surface area contributed by atoms with Gasteiger partial charge in [0.15, 0.2) is 23.0 Å². The van der Waals surface area contributed by atoms with Gasteiger partial charge in [-0.25, -0.2) is 0 Å².